The molecule has 5 atom stereocenters. The summed E-state index contributed by atoms with van der Waals surface area (Å²) in [5.74, 6) is -3.43. The second-order valence-electron chi connectivity index (χ2n) is 10.5. The average Bonchev–Trinajstić information content (AvgIpc) is 3.43. The number of carboxylic acids is 1. The standard InChI is InChI=1S/C26H50N10O6/c1-16(21(37)35-19(25(41)42)9-3-5-13-28)33-23(39)20-11-7-15-36(20)24(40)18(10-6-14-32-26(30)31)34-22(38)17(29)8-2-4-12-27/h16-20H,2-15,27-29H2,1H3,(H,33,39)(H,34,38)(H,35,37)(H,41,42)(H4,30,31,32)/t16-,17-,18-,19-,20-/m0/s1. The first-order valence-electron chi connectivity index (χ1n) is 14.6. The molecule has 16 heteroatoms. The van der Waals surface area contributed by atoms with Gasteiger partial charge in [-0.2, -0.15) is 0 Å². The summed E-state index contributed by atoms with van der Waals surface area (Å²) in [5, 5.41) is 17.2. The highest BCUT2D eigenvalue weighted by Crippen LogP contribution is 2.20. The summed E-state index contributed by atoms with van der Waals surface area (Å²) in [7, 11) is 0. The molecule has 16 nitrogen and oxygen atoms in total. The van der Waals surface area contributed by atoms with Gasteiger partial charge in [0.1, 0.15) is 24.2 Å². The SMILES string of the molecule is C[C@H](NC(=O)[C@@H]1CCCN1C(=O)[C@H](CCCN=C(N)N)NC(=O)[C@@H](N)CCCCN)C(=O)N[C@@H](CCCCN)C(=O)O. The van der Waals surface area contributed by atoms with Crippen LogP contribution in [0.2, 0.25) is 0 Å². The molecule has 14 N–H and O–H groups in total. The van der Waals surface area contributed by atoms with Gasteiger partial charge < -0.3 is 54.6 Å². The van der Waals surface area contributed by atoms with E-state index in [1.807, 2.05) is 0 Å². The number of aliphatic carboxylic acids is 1. The predicted molar refractivity (Wildman–Crippen MR) is 158 cm³/mol. The molecule has 240 valence electrons. The molecule has 0 aromatic rings. The van der Waals surface area contributed by atoms with Crippen molar-refractivity contribution >= 4 is 35.6 Å². The van der Waals surface area contributed by atoms with Crippen molar-refractivity contribution in [1.29, 1.82) is 0 Å². The van der Waals surface area contributed by atoms with Crippen molar-refractivity contribution in [2.45, 2.75) is 101 Å². The lowest BCUT2D eigenvalue weighted by molar-refractivity contribution is -0.143. The minimum absolute atomic E-state index is 0.0940. The van der Waals surface area contributed by atoms with E-state index in [-0.39, 0.29) is 31.9 Å². The Balaban J connectivity index is 2.90. The summed E-state index contributed by atoms with van der Waals surface area (Å²) in [6.45, 7) is 2.85. The van der Waals surface area contributed by atoms with Gasteiger partial charge in [0.05, 0.1) is 6.04 Å². The molecular formula is C26H50N10O6. The summed E-state index contributed by atoms with van der Waals surface area (Å²) >= 11 is 0. The third-order valence-corrected chi connectivity index (χ3v) is 7.02. The lowest BCUT2D eigenvalue weighted by atomic mass is 10.1. The molecule has 0 aromatic heterocycles. The molecule has 4 amide bonds. The summed E-state index contributed by atoms with van der Waals surface area (Å²) in [6, 6.07) is -4.83. The normalized spacial score (nSPS) is 17.4. The number of hydrogen-bond donors (Lipinski definition) is 9. The van der Waals surface area contributed by atoms with E-state index in [1.54, 1.807) is 0 Å². The zero-order chi connectivity index (χ0) is 31.7. The van der Waals surface area contributed by atoms with Gasteiger partial charge in [0, 0.05) is 13.1 Å². The molecule has 1 rings (SSSR count). The maximum atomic E-state index is 13.6. The third-order valence-electron chi connectivity index (χ3n) is 7.02. The van der Waals surface area contributed by atoms with Crippen LogP contribution in [0.4, 0.5) is 0 Å². The number of nitrogens with zero attached hydrogens (tertiary/aromatic N) is 2. The molecule has 0 bridgehead atoms. The van der Waals surface area contributed by atoms with E-state index >= 15 is 0 Å². The number of unbranched alkanes of at least 4 members (excludes halogenated alkanes) is 2. The number of guanidine groups is 1. The molecule has 42 heavy (non-hydrogen) atoms. The number of amides is 4. The highest BCUT2D eigenvalue weighted by atomic mass is 16.4. The summed E-state index contributed by atoms with van der Waals surface area (Å²) in [5.41, 5.74) is 27.7. The van der Waals surface area contributed by atoms with E-state index in [9.17, 15) is 29.1 Å². The first-order chi connectivity index (χ1) is 19.9. The van der Waals surface area contributed by atoms with Crippen LogP contribution < -0.4 is 44.6 Å². The lowest BCUT2D eigenvalue weighted by Crippen LogP contribution is -2.57. The molecule has 0 saturated carbocycles. The molecule has 1 aliphatic rings. The van der Waals surface area contributed by atoms with Gasteiger partial charge in [0.15, 0.2) is 5.96 Å². The molecule has 0 unspecified atom stereocenters. The van der Waals surface area contributed by atoms with Crippen LogP contribution in [-0.2, 0) is 24.0 Å². The van der Waals surface area contributed by atoms with Crippen LogP contribution in [0.5, 0.6) is 0 Å². The van der Waals surface area contributed by atoms with E-state index in [0.29, 0.717) is 64.5 Å². The number of hydrogen-bond acceptors (Lipinski definition) is 9. The van der Waals surface area contributed by atoms with Crippen LogP contribution in [0.25, 0.3) is 0 Å². The van der Waals surface area contributed by atoms with E-state index < -0.39 is 59.8 Å². The van der Waals surface area contributed by atoms with Crippen molar-refractivity contribution in [2.24, 2.45) is 33.7 Å². The van der Waals surface area contributed by atoms with Gasteiger partial charge in [-0.05, 0) is 77.8 Å². The van der Waals surface area contributed by atoms with E-state index in [0.717, 1.165) is 0 Å². The minimum atomic E-state index is -1.18. The van der Waals surface area contributed by atoms with E-state index in [2.05, 4.69) is 20.9 Å². The lowest BCUT2D eigenvalue weighted by Gasteiger charge is -2.30. The Morgan fingerprint density at radius 1 is 0.881 bits per heavy atom. The first-order valence-corrected chi connectivity index (χ1v) is 14.6. The number of carbonyl (C=O) groups excluding carboxylic acids is 4. The number of nitrogens with one attached hydrogen (secondary N) is 3. The Labute approximate surface area is 246 Å². The van der Waals surface area contributed by atoms with Gasteiger partial charge in [-0.1, -0.05) is 6.42 Å². The van der Waals surface area contributed by atoms with Crippen molar-refractivity contribution in [3.63, 3.8) is 0 Å². The Bertz CT molecular complexity index is 929. The number of aliphatic imine (C=N–C) groups is 1. The maximum absolute atomic E-state index is 13.6. The van der Waals surface area contributed by atoms with Crippen molar-refractivity contribution in [3.05, 3.63) is 0 Å². The van der Waals surface area contributed by atoms with E-state index in [1.165, 1.54) is 11.8 Å². The fourth-order valence-electron chi connectivity index (χ4n) is 4.60. The Morgan fingerprint density at radius 3 is 2.07 bits per heavy atom. The zero-order valence-corrected chi connectivity index (χ0v) is 24.6. The van der Waals surface area contributed by atoms with Crippen LogP contribution in [0, 0.1) is 0 Å². The molecular weight excluding hydrogens is 548 g/mol. The van der Waals surface area contributed by atoms with Crippen LogP contribution in [0.1, 0.15) is 71.1 Å². The minimum Gasteiger partial charge on any atom is -0.480 e. The summed E-state index contributed by atoms with van der Waals surface area (Å²) in [6.07, 6.45) is 4.62. The largest absolute Gasteiger partial charge is 0.480 e. The molecule has 1 fully saturated rings. The quantitative estimate of drug-likeness (QED) is 0.0391. The number of rotatable bonds is 20. The fourth-order valence-corrected chi connectivity index (χ4v) is 4.60. The molecule has 0 aromatic carbocycles. The monoisotopic (exact) mass is 598 g/mol. The maximum Gasteiger partial charge on any atom is 0.326 e. The highest BCUT2D eigenvalue weighted by molar-refractivity contribution is 5.95. The zero-order valence-electron chi connectivity index (χ0n) is 24.6. The molecule has 0 aliphatic carbocycles. The second-order valence-corrected chi connectivity index (χ2v) is 10.5. The van der Waals surface area contributed by atoms with Crippen LogP contribution in [-0.4, -0.2) is 102 Å². The summed E-state index contributed by atoms with van der Waals surface area (Å²) < 4.78 is 0. The fraction of sp³-hybridized carbons (Fsp3) is 0.769. The number of carboxylic acid groups (broad SMARTS) is 1. The molecule has 1 heterocycles. The van der Waals surface area contributed by atoms with Crippen LogP contribution in [0.15, 0.2) is 4.99 Å². The number of carbonyl (C=O) groups is 5. The summed E-state index contributed by atoms with van der Waals surface area (Å²) in [4.78, 5) is 69.0. The van der Waals surface area contributed by atoms with Gasteiger partial charge in [-0.15, -0.1) is 0 Å². The molecule has 1 aliphatic heterocycles. The highest BCUT2D eigenvalue weighted by Gasteiger charge is 2.38. The van der Waals surface area contributed by atoms with Crippen molar-refractivity contribution in [3.8, 4) is 0 Å². The van der Waals surface area contributed by atoms with Crippen LogP contribution >= 0.6 is 0 Å². The predicted octanol–water partition coefficient (Wildman–Crippen LogP) is -2.82. The second kappa shape index (κ2) is 19.6. The van der Waals surface area contributed by atoms with Gasteiger partial charge in [-0.3, -0.25) is 24.2 Å². The molecule has 0 spiro atoms. The van der Waals surface area contributed by atoms with Gasteiger partial charge in [-0.25, -0.2) is 4.79 Å². The topological polar surface area (TPSA) is 287 Å². The Hall–Kier alpha value is -3.50. The Morgan fingerprint density at radius 2 is 1.48 bits per heavy atom. The van der Waals surface area contributed by atoms with Gasteiger partial charge in [0.25, 0.3) is 0 Å². The van der Waals surface area contributed by atoms with E-state index in [4.69, 9.17) is 28.7 Å². The number of likely N-dealkylation sites (tertiary alicyclic amines) is 1. The van der Waals surface area contributed by atoms with Crippen molar-refractivity contribution in [1.82, 2.24) is 20.9 Å². The van der Waals surface area contributed by atoms with Gasteiger partial charge in [0.2, 0.25) is 23.6 Å². The first kappa shape index (κ1) is 36.5. The molecule has 0 radical (unpaired) electrons. The van der Waals surface area contributed by atoms with Crippen molar-refractivity contribution < 1.29 is 29.1 Å². The molecule has 1 saturated heterocycles. The van der Waals surface area contributed by atoms with Crippen molar-refractivity contribution in [2.75, 3.05) is 26.2 Å². The Kier molecular flexibility index (Phi) is 17.0. The third kappa shape index (κ3) is 13.0. The average molecular weight is 599 g/mol. The number of nitrogens with two attached hydrogens (primary N) is 5. The van der Waals surface area contributed by atoms with Gasteiger partial charge >= 0.3 is 5.97 Å². The van der Waals surface area contributed by atoms with Crippen LogP contribution in [0.3, 0.4) is 0 Å². The smallest absolute Gasteiger partial charge is 0.326 e.